The number of anilines is 2. The van der Waals surface area contributed by atoms with E-state index in [2.05, 4.69) is 10.1 Å². The molecule has 1 fully saturated rings. The Hall–Kier alpha value is -3.47. The van der Waals surface area contributed by atoms with Crippen molar-refractivity contribution in [2.45, 2.75) is 12.5 Å². The third-order valence-corrected chi connectivity index (χ3v) is 5.17. The highest BCUT2D eigenvalue weighted by molar-refractivity contribution is 5.95. The molecule has 2 aliphatic heterocycles. The lowest BCUT2D eigenvalue weighted by Crippen LogP contribution is -2.53. The summed E-state index contributed by atoms with van der Waals surface area (Å²) in [7, 11) is 0. The second-order valence-corrected chi connectivity index (χ2v) is 7.51. The van der Waals surface area contributed by atoms with Crippen LogP contribution in [-0.4, -0.2) is 68.6 Å². The number of morpholine rings is 1. The maximum atomic E-state index is 12.9. The first-order valence-electron chi connectivity index (χ1n) is 10.3. The largest absolute Gasteiger partial charge is 0.573 e. The summed E-state index contributed by atoms with van der Waals surface area (Å²) in [5.41, 5.74) is 0.990. The average molecular weight is 465 g/mol. The molecule has 8 nitrogen and oxygen atoms in total. The molecule has 2 heterocycles. The maximum Gasteiger partial charge on any atom is 0.573 e. The van der Waals surface area contributed by atoms with Gasteiger partial charge in [0.05, 0.1) is 32.0 Å². The van der Waals surface area contributed by atoms with E-state index < -0.39 is 18.4 Å². The molecule has 1 atom stereocenters. The number of benzene rings is 2. The van der Waals surface area contributed by atoms with E-state index in [4.69, 9.17) is 9.47 Å². The Morgan fingerprint density at radius 1 is 1.06 bits per heavy atom. The molecule has 0 aromatic heterocycles. The van der Waals surface area contributed by atoms with Crippen LogP contribution in [0.5, 0.6) is 11.5 Å². The zero-order valence-corrected chi connectivity index (χ0v) is 17.5. The monoisotopic (exact) mass is 465 g/mol. The summed E-state index contributed by atoms with van der Waals surface area (Å²) in [5, 5.41) is 2.65. The summed E-state index contributed by atoms with van der Waals surface area (Å²) in [6.45, 7) is 2.00. The predicted octanol–water partition coefficient (Wildman–Crippen LogP) is 2.65. The topological polar surface area (TPSA) is 80.3 Å². The average Bonchev–Trinajstić information content (AvgIpc) is 2.79. The van der Waals surface area contributed by atoms with E-state index in [1.807, 2.05) is 0 Å². The smallest absolute Gasteiger partial charge is 0.477 e. The molecule has 0 bridgehead atoms. The van der Waals surface area contributed by atoms with Gasteiger partial charge >= 0.3 is 6.36 Å². The molecule has 1 saturated heterocycles. The molecular formula is C22H22F3N3O5. The van der Waals surface area contributed by atoms with Gasteiger partial charge in [-0.3, -0.25) is 9.59 Å². The summed E-state index contributed by atoms with van der Waals surface area (Å²) >= 11 is 0. The van der Waals surface area contributed by atoms with Gasteiger partial charge in [0.2, 0.25) is 5.91 Å². The van der Waals surface area contributed by atoms with Crippen molar-refractivity contribution >= 4 is 23.2 Å². The fourth-order valence-electron chi connectivity index (χ4n) is 3.69. The minimum atomic E-state index is -4.79. The molecule has 0 unspecified atom stereocenters. The summed E-state index contributed by atoms with van der Waals surface area (Å²) in [5.74, 6) is -0.448. The minimum absolute atomic E-state index is 0.0753. The fourth-order valence-corrected chi connectivity index (χ4v) is 3.69. The normalized spacial score (nSPS) is 18.2. The molecule has 0 aliphatic carbocycles. The Labute approximate surface area is 187 Å². The number of ether oxygens (including phenoxy) is 3. The van der Waals surface area contributed by atoms with Crippen LogP contribution in [0.3, 0.4) is 0 Å². The minimum Gasteiger partial charge on any atom is -0.477 e. The Bertz CT molecular complexity index is 994. The predicted molar refractivity (Wildman–Crippen MR) is 112 cm³/mol. The number of nitrogens with zero attached hydrogens (tertiary/aromatic N) is 2. The van der Waals surface area contributed by atoms with Gasteiger partial charge in [-0.15, -0.1) is 13.2 Å². The Morgan fingerprint density at radius 3 is 2.45 bits per heavy atom. The summed E-state index contributed by atoms with van der Waals surface area (Å²) in [6, 6.07) is 12.0. The first-order chi connectivity index (χ1) is 15.8. The molecule has 1 N–H and O–H groups in total. The van der Waals surface area contributed by atoms with Crippen LogP contribution in [0.4, 0.5) is 24.5 Å². The van der Waals surface area contributed by atoms with Crippen LogP contribution in [0.1, 0.15) is 0 Å². The SMILES string of the molecule is O=C(CN1C[C@H](C(=O)N2CCOCC2)Oc2ccccc21)Nc1ccc(OC(F)(F)F)cc1. The number of para-hydroxylation sites is 2. The van der Waals surface area contributed by atoms with Gasteiger partial charge in [-0.05, 0) is 36.4 Å². The van der Waals surface area contributed by atoms with Crippen LogP contribution in [0.2, 0.25) is 0 Å². The maximum absolute atomic E-state index is 12.9. The van der Waals surface area contributed by atoms with E-state index in [0.717, 1.165) is 12.1 Å². The van der Waals surface area contributed by atoms with Gasteiger partial charge in [0.15, 0.2) is 6.10 Å². The van der Waals surface area contributed by atoms with Crippen LogP contribution in [0, 0.1) is 0 Å². The molecule has 2 aromatic rings. The lowest BCUT2D eigenvalue weighted by Gasteiger charge is -2.38. The van der Waals surface area contributed by atoms with Gasteiger partial charge in [-0.2, -0.15) is 0 Å². The number of halogens is 3. The lowest BCUT2D eigenvalue weighted by atomic mass is 10.1. The van der Waals surface area contributed by atoms with Crippen LogP contribution < -0.4 is 19.7 Å². The molecule has 2 aliphatic rings. The second kappa shape index (κ2) is 9.57. The summed E-state index contributed by atoms with van der Waals surface area (Å²) in [4.78, 5) is 29.0. The van der Waals surface area contributed by atoms with Crippen molar-refractivity contribution in [1.82, 2.24) is 4.90 Å². The molecule has 4 rings (SSSR count). The number of carbonyl (C=O) groups is 2. The van der Waals surface area contributed by atoms with Crippen molar-refractivity contribution in [3.05, 3.63) is 48.5 Å². The number of alkyl halides is 3. The molecular weight excluding hydrogens is 443 g/mol. The van der Waals surface area contributed by atoms with Gasteiger partial charge in [0, 0.05) is 18.8 Å². The van der Waals surface area contributed by atoms with Gasteiger partial charge < -0.3 is 29.3 Å². The first kappa shape index (κ1) is 22.7. The Morgan fingerprint density at radius 2 is 1.76 bits per heavy atom. The van der Waals surface area contributed by atoms with Crippen molar-refractivity contribution in [3.8, 4) is 11.5 Å². The molecule has 33 heavy (non-hydrogen) atoms. The van der Waals surface area contributed by atoms with Gasteiger partial charge in [-0.25, -0.2) is 0 Å². The zero-order valence-electron chi connectivity index (χ0n) is 17.5. The number of hydrogen-bond acceptors (Lipinski definition) is 6. The van der Waals surface area contributed by atoms with Crippen molar-refractivity contribution in [3.63, 3.8) is 0 Å². The quantitative estimate of drug-likeness (QED) is 0.732. The fraction of sp³-hybridized carbons (Fsp3) is 0.364. The lowest BCUT2D eigenvalue weighted by molar-refractivity contribution is -0.274. The molecule has 11 heteroatoms. The van der Waals surface area contributed by atoms with Crippen molar-refractivity contribution in [2.75, 3.05) is 49.6 Å². The van der Waals surface area contributed by atoms with Crippen molar-refractivity contribution in [1.29, 1.82) is 0 Å². The molecule has 2 aromatic carbocycles. The van der Waals surface area contributed by atoms with E-state index in [9.17, 15) is 22.8 Å². The number of nitrogens with one attached hydrogen (secondary N) is 1. The Kier molecular flexibility index (Phi) is 6.59. The highest BCUT2D eigenvalue weighted by atomic mass is 19.4. The van der Waals surface area contributed by atoms with Crippen LogP contribution in [0.25, 0.3) is 0 Å². The van der Waals surface area contributed by atoms with E-state index in [-0.39, 0.29) is 24.7 Å². The second-order valence-electron chi connectivity index (χ2n) is 7.51. The molecule has 2 amide bonds. The zero-order chi connectivity index (χ0) is 23.4. The van der Waals surface area contributed by atoms with E-state index in [1.165, 1.54) is 12.1 Å². The number of fused-ring (bicyclic) bond motifs is 1. The molecule has 176 valence electrons. The highest BCUT2D eigenvalue weighted by Gasteiger charge is 2.35. The van der Waals surface area contributed by atoms with Crippen LogP contribution >= 0.6 is 0 Å². The molecule has 0 spiro atoms. The van der Waals surface area contributed by atoms with E-state index in [0.29, 0.717) is 43.4 Å². The number of hydrogen-bond donors (Lipinski definition) is 1. The first-order valence-corrected chi connectivity index (χ1v) is 10.3. The highest BCUT2D eigenvalue weighted by Crippen LogP contribution is 2.33. The number of amides is 2. The van der Waals surface area contributed by atoms with Gasteiger partial charge in [0.1, 0.15) is 11.5 Å². The molecule has 0 saturated carbocycles. The Balaban J connectivity index is 1.42. The van der Waals surface area contributed by atoms with Crippen molar-refractivity contribution < 1.29 is 37.0 Å². The van der Waals surface area contributed by atoms with Crippen LogP contribution in [-0.2, 0) is 14.3 Å². The van der Waals surface area contributed by atoms with Gasteiger partial charge in [0.25, 0.3) is 5.91 Å². The standard InChI is InChI=1S/C22H22F3N3O5/c23-22(24,25)33-16-7-5-15(6-8-16)26-20(29)14-28-13-19(21(30)27-9-11-31-12-10-27)32-18-4-2-1-3-17(18)28/h1-8,19H,9-14H2,(H,26,29)/t19-/m1/s1. The van der Waals surface area contributed by atoms with E-state index in [1.54, 1.807) is 34.1 Å². The summed E-state index contributed by atoms with van der Waals surface area (Å²) in [6.07, 6.45) is -5.56. The van der Waals surface area contributed by atoms with E-state index >= 15 is 0 Å². The van der Waals surface area contributed by atoms with Gasteiger partial charge in [-0.1, -0.05) is 12.1 Å². The van der Waals surface area contributed by atoms with Crippen LogP contribution in [0.15, 0.2) is 48.5 Å². The molecule has 0 radical (unpaired) electrons. The number of carbonyl (C=O) groups excluding carboxylic acids is 2. The van der Waals surface area contributed by atoms with Crippen molar-refractivity contribution in [2.24, 2.45) is 0 Å². The number of rotatable bonds is 5. The summed E-state index contributed by atoms with van der Waals surface area (Å²) < 4.78 is 51.9. The third kappa shape index (κ3) is 5.86. The third-order valence-electron chi connectivity index (χ3n) is 5.17.